The summed E-state index contributed by atoms with van der Waals surface area (Å²) in [5, 5.41) is 6.66. The number of guanidine groups is 1. The Morgan fingerprint density at radius 2 is 1.59 bits per heavy atom. The molecule has 0 fully saturated rings. The molecule has 0 unspecified atom stereocenters. The van der Waals surface area contributed by atoms with Crippen LogP contribution in [0.4, 0.5) is 0 Å². The number of rotatable bonds is 12. The van der Waals surface area contributed by atoms with Crippen LogP contribution in [0.3, 0.4) is 0 Å². The fourth-order valence-corrected chi connectivity index (χ4v) is 2.74. The van der Waals surface area contributed by atoms with Crippen LogP contribution in [0.5, 0.6) is 0 Å². The molecule has 0 amide bonds. The van der Waals surface area contributed by atoms with Crippen LogP contribution in [0.25, 0.3) is 0 Å². The molecule has 0 aliphatic carbocycles. The maximum absolute atomic E-state index is 5.91. The van der Waals surface area contributed by atoms with Gasteiger partial charge >= 0.3 is 0 Å². The molecule has 2 N–H and O–H groups in total. The van der Waals surface area contributed by atoms with E-state index in [1.165, 1.54) is 16.7 Å². The van der Waals surface area contributed by atoms with E-state index in [1.54, 1.807) is 0 Å². The Morgan fingerprint density at radius 3 is 2.31 bits per heavy atom. The van der Waals surface area contributed by atoms with Gasteiger partial charge in [0.05, 0.1) is 19.8 Å². The average Bonchev–Trinajstić information content (AvgIpc) is 2.73. The summed E-state index contributed by atoms with van der Waals surface area (Å²) in [5.41, 5.74) is 3.54. The van der Waals surface area contributed by atoms with Crippen LogP contribution < -0.4 is 10.6 Å². The van der Waals surface area contributed by atoms with Gasteiger partial charge < -0.3 is 20.1 Å². The summed E-state index contributed by atoms with van der Waals surface area (Å²) in [6, 6.07) is 18.6. The van der Waals surface area contributed by atoms with Gasteiger partial charge in [-0.2, -0.15) is 0 Å². The van der Waals surface area contributed by atoms with Gasteiger partial charge in [-0.1, -0.05) is 54.6 Å². The van der Waals surface area contributed by atoms with E-state index in [9.17, 15) is 0 Å². The summed E-state index contributed by atoms with van der Waals surface area (Å²) in [6.45, 7) is 9.10. The number of hydrogen-bond donors (Lipinski definition) is 2. The molecule has 0 heterocycles. The van der Waals surface area contributed by atoms with Gasteiger partial charge in [0.1, 0.15) is 0 Å². The lowest BCUT2D eigenvalue weighted by atomic mass is 10.1. The molecule has 0 bridgehead atoms. The Hall–Kier alpha value is -1.64. The minimum atomic E-state index is 0. The third kappa shape index (κ3) is 10.6. The quantitative estimate of drug-likeness (QED) is 0.191. The fraction of sp³-hybridized carbons (Fsp3) is 0.435. The van der Waals surface area contributed by atoms with Crippen LogP contribution in [0.2, 0.25) is 0 Å². The number of nitrogens with zero attached hydrogens (tertiary/aromatic N) is 1. The van der Waals surface area contributed by atoms with Crippen LogP contribution >= 0.6 is 24.0 Å². The van der Waals surface area contributed by atoms with E-state index >= 15 is 0 Å². The second-order valence-electron chi connectivity index (χ2n) is 6.42. The summed E-state index contributed by atoms with van der Waals surface area (Å²) < 4.78 is 11.3. The van der Waals surface area contributed by atoms with E-state index in [1.807, 2.05) is 37.3 Å². The molecule has 0 aliphatic heterocycles. The van der Waals surface area contributed by atoms with Crippen molar-refractivity contribution in [1.82, 2.24) is 10.6 Å². The summed E-state index contributed by atoms with van der Waals surface area (Å²) in [5.74, 6) is 0.832. The Morgan fingerprint density at radius 1 is 0.862 bits per heavy atom. The first-order valence-electron chi connectivity index (χ1n) is 10.1. The molecule has 160 valence electrons. The van der Waals surface area contributed by atoms with Crippen LogP contribution in [0.15, 0.2) is 59.6 Å². The predicted molar refractivity (Wildman–Crippen MR) is 131 cm³/mol. The molecule has 2 aromatic carbocycles. The third-order valence-electron chi connectivity index (χ3n) is 4.20. The highest BCUT2D eigenvalue weighted by Gasteiger charge is 2.03. The van der Waals surface area contributed by atoms with E-state index in [4.69, 9.17) is 14.5 Å². The lowest BCUT2D eigenvalue weighted by molar-refractivity contribution is 0.106. The number of benzene rings is 2. The second kappa shape index (κ2) is 16.2. The zero-order chi connectivity index (χ0) is 19.9. The summed E-state index contributed by atoms with van der Waals surface area (Å²) in [7, 11) is 0. The molecular weight excluding hydrogens is 477 g/mol. The Balaban J connectivity index is 0.00000420. The summed E-state index contributed by atoms with van der Waals surface area (Å²) in [6.07, 6.45) is 0.960. The van der Waals surface area contributed by atoms with Crippen molar-refractivity contribution in [1.29, 1.82) is 0 Å². The molecule has 0 saturated carbocycles. The minimum absolute atomic E-state index is 0. The van der Waals surface area contributed by atoms with Crippen molar-refractivity contribution in [3.63, 3.8) is 0 Å². The van der Waals surface area contributed by atoms with Crippen molar-refractivity contribution in [3.05, 3.63) is 71.3 Å². The van der Waals surface area contributed by atoms with Gasteiger partial charge in [-0.05, 0) is 37.0 Å². The molecule has 0 aromatic heterocycles. The Kier molecular flexibility index (Phi) is 14.2. The van der Waals surface area contributed by atoms with Crippen molar-refractivity contribution in [3.8, 4) is 0 Å². The normalized spacial score (nSPS) is 11.0. The smallest absolute Gasteiger partial charge is 0.191 e. The minimum Gasteiger partial charge on any atom is -0.382 e. The highest BCUT2D eigenvalue weighted by atomic mass is 127. The van der Waals surface area contributed by atoms with Gasteiger partial charge in [0.15, 0.2) is 5.96 Å². The van der Waals surface area contributed by atoms with Gasteiger partial charge in [0, 0.05) is 26.3 Å². The van der Waals surface area contributed by atoms with Crippen LogP contribution in [0, 0.1) is 0 Å². The third-order valence-corrected chi connectivity index (χ3v) is 4.20. The molecule has 0 atom stereocenters. The van der Waals surface area contributed by atoms with Crippen LogP contribution in [-0.2, 0) is 29.2 Å². The SMILES string of the molecule is CCNC(=NCc1ccccc1COCc1ccccc1)NCCCOCC.I. The summed E-state index contributed by atoms with van der Waals surface area (Å²) >= 11 is 0. The number of halogens is 1. The molecule has 0 radical (unpaired) electrons. The molecule has 0 spiro atoms. The molecular formula is C23H34IN3O2. The highest BCUT2D eigenvalue weighted by molar-refractivity contribution is 14.0. The van der Waals surface area contributed by atoms with E-state index in [0.717, 1.165) is 38.7 Å². The topological polar surface area (TPSA) is 54.9 Å². The number of ether oxygens (including phenoxy) is 2. The van der Waals surface area contributed by atoms with E-state index in [-0.39, 0.29) is 24.0 Å². The maximum Gasteiger partial charge on any atom is 0.191 e. The van der Waals surface area contributed by atoms with Gasteiger partial charge in [-0.3, -0.25) is 0 Å². The zero-order valence-corrected chi connectivity index (χ0v) is 19.9. The van der Waals surface area contributed by atoms with E-state index < -0.39 is 0 Å². The van der Waals surface area contributed by atoms with Gasteiger partial charge in [0.2, 0.25) is 0 Å². The molecule has 6 heteroatoms. The lowest BCUT2D eigenvalue weighted by Crippen LogP contribution is -2.38. The molecule has 29 heavy (non-hydrogen) atoms. The van der Waals surface area contributed by atoms with Crippen LogP contribution in [0.1, 0.15) is 37.0 Å². The molecule has 5 nitrogen and oxygen atoms in total. The Bertz CT molecular complexity index is 696. The van der Waals surface area contributed by atoms with Gasteiger partial charge in [-0.25, -0.2) is 4.99 Å². The molecule has 0 saturated heterocycles. The van der Waals surface area contributed by atoms with E-state index in [0.29, 0.717) is 19.8 Å². The van der Waals surface area contributed by atoms with Crippen molar-refractivity contribution >= 4 is 29.9 Å². The van der Waals surface area contributed by atoms with Gasteiger partial charge in [-0.15, -0.1) is 24.0 Å². The van der Waals surface area contributed by atoms with Crippen molar-refractivity contribution in [2.45, 2.75) is 40.0 Å². The lowest BCUT2D eigenvalue weighted by Gasteiger charge is -2.13. The first-order chi connectivity index (χ1) is 13.8. The van der Waals surface area contributed by atoms with E-state index in [2.05, 4.69) is 41.8 Å². The number of hydrogen-bond acceptors (Lipinski definition) is 3. The molecule has 0 aliphatic rings. The first-order valence-corrected chi connectivity index (χ1v) is 10.1. The molecule has 2 aromatic rings. The average molecular weight is 511 g/mol. The van der Waals surface area contributed by atoms with Crippen molar-refractivity contribution < 1.29 is 9.47 Å². The Labute approximate surface area is 192 Å². The van der Waals surface area contributed by atoms with Crippen molar-refractivity contribution in [2.75, 3.05) is 26.3 Å². The molecule has 2 rings (SSSR count). The zero-order valence-electron chi connectivity index (χ0n) is 17.5. The number of nitrogens with one attached hydrogen (secondary N) is 2. The van der Waals surface area contributed by atoms with Crippen molar-refractivity contribution in [2.24, 2.45) is 4.99 Å². The highest BCUT2D eigenvalue weighted by Crippen LogP contribution is 2.13. The number of aliphatic imine (C=N–C) groups is 1. The maximum atomic E-state index is 5.91. The van der Waals surface area contributed by atoms with Crippen LogP contribution in [-0.4, -0.2) is 32.3 Å². The fourth-order valence-electron chi connectivity index (χ4n) is 2.74. The standard InChI is InChI=1S/C23H33N3O2.HI/c1-3-24-23(25-15-10-16-27-4-2)26-17-21-13-8-9-14-22(21)19-28-18-20-11-6-5-7-12-20;/h5-9,11-14H,3-4,10,15-19H2,1-2H3,(H2,24,25,26);1H. The van der Waals surface area contributed by atoms with Gasteiger partial charge in [0.25, 0.3) is 0 Å². The largest absolute Gasteiger partial charge is 0.382 e. The summed E-state index contributed by atoms with van der Waals surface area (Å²) in [4.78, 5) is 4.73. The predicted octanol–water partition coefficient (Wildman–Crippen LogP) is 4.50. The first kappa shape index (κ1) is 25.4. The monoisotopic (exact) mass is 511 g/mol. The second-order valence-corrected chi connectivity index (χ2v) is 6.42.